The molecule has 0 fully saturated rings. The number of nitrogens with zero attached hydrogens (tertiary/aromatic N) is 2. The molecule has 0 saturated carbocycles. The Balaban J connectivity index is 2.13. The normalized spacial score (nSPS) is 12.6. The summed E-state index contributed by atoms with van der Waals surface area (Å²) in [6, 6.07) is 7.14. The quantitative estimate of drug-likeness (QED) is 0.844. The van der Waals surface area contributed by atoms with Crippen LogP contribution in [0, 0.1) is 0 Å². The SMILES string of the molecule is CCOCC(N)c1noc(-c2cccc(OC(C)C)c2)n1. The highest BCUT2D eigenvalue weighted by Crippen LogP contribution is 2.24. The molecule has 114 valence electrons. The molecule has 0 bridgehead atoms. The van der Waals surface area contributed by atoms with Gasteiger partial charge < -0.3 is 19.7 Å². The van der Waals surface area contributed by atoms with E-state index >= 15 is 0 Å². The highest BCUT2D eigenvalue weighted by molar-refractivity contribution is 5.55. The molecular weight excluding hydrogens is 270 g/mol. The van der Waals surface area contributed by atoms with Crippen LogP contribution in [0.4, 0.5) is 0 Å². The van der Waals surface area contributed by atoms with Gasteiger partial charge in [0.05, 0.1) is 18.8 Å². The molecule has 0 aliphatic carbocycles. The van der Waals surface area contributed by atoms with Crippen LogP contribution < -0.4 is 10.5 Å². The minimum atomic E-state index is -0.391. The maximum atomic E-state index is 5.93. The van der Waals surface area contributed by atoms with Gasteiger partial charge in [-0.3, -0.25) is 0 Å². The zero-order chi connectivity index (χ0) is 15.2. The standard InChI is InChI=1S/C15H21N3O3/c1-4-19-9-13(16)14-17-15(21-18-14)11-6-5-7-12(8-11)20-10(2)3/h5-8,10,13H,4,9,16H2,1-3H3. The van der Waals surface area contributed by atoms with Crippen LogP contribution in [0.1, 0.15) is 32.6 Å². The van der Waals surface area contributed by atoms with Crippen molar-refractivity contribution in [1.29, 1.82) is 0 Å². The van der Waals surface area contributed by atoms with E-state index in [1.165, 1.54) is 0 Å². The molecule has 2 N–H and O–H groups in total. The average Bonchev–Trinajstić information content (AvgIpc) is 2.94. The monoisotopic (exact) mass is 291 g/mol. The molecule has 0 aliphatic heterocycles. The molecule has 6 nitrogen and oxygen atoms in total. The van der Waals surface area contributed by atoms with E-state index in [2.05, 4.69) is 10.1 Å². The topological polar surface area (TPSA) is 83.4 Å². The van der Waals surface area contributed by atoms with Crippen molar-refractivity contribution in [3.05, 3.63) is 30.1 Å². The first-order chi connectivity index (χ1) is 10.1. The molecule has 6 heteroatoms. The van der Waals surface area contributed by atoms with Crippen molar-refractivity contribution < 1.29 is 14.0 Å². The first-order valence-corrected chi connectivity index (χ1v) is 7.04. The first kappa shape index (κ1) is 15.5. The third-order valence-electron chi connectivity index (χ3n) is 2.73. The highest BCUT2D eigenvalue weighted by Gasteiger charge is 2.15. The zero-order valence-electron chi connectivity index (χ0n) is 12.6. The number of hydrogen-bond donors (Lipinski definition) is 1. The predicted molar refractivity (Wildman–Crippen MR) is 78.9 cm³/mol. The van der Waals surface area contributed by atoms with Crippen LogP contribution in [-0.4, -0.2) is 29.5 Å². The Bertz CT molecular complexity index is 569. The Morgan fingerprint density at radius 1 is 1.33 bits per heavy atom. The molecule has 1 aromatic carbocycles. The lowest BCUT2D eigenvalue weighted by molar-refractivity contribution is 0.130. The van der Waals surface area contributed by atoms with Gasteiger partial charge in [-0.05, 0) is 39.0 Å². The summed E-state index contributed by atoms with van der Waals surface area (Å²) in [6.07, 6.45) is 0.109. The lowest BCUT2D eigenvalue weighted by atomic mass is 10.2. The van der Waals surface area contributed by atoms with Gasteiger partial charge in [0, 0.05) is 12.2 Å². The van der Waals surface area contributed by atoms with Crippen molar-refractivity contribution in [3.8, 4) is 17.2 Å². The summed E-state index contributed by atoms with van der Waals surface area (Å²) in [5, 5.41) is 3.90. The summed E-state index contributed by atoms with van der Waals surface area (Å²) in [6.45, 7) is 6.84. The number of nitrogens with two attached hydrogens (primary N) is 1. The fraction of sp³-hybridized carbons (Fsp3) is 0.467. The second kappa shape index (κ2) is 7.19. The van der Waals surface area contributed by atoms with Crippen LogP contribution in [0.25, 0.3) is 11.5 Å². The molecule has 0 saturated heterocycles. The molecule has 1 atom stereocenters. The fourth-order valence-electron chi connectivity index (χ4n) is 1.80. The molecule has 0 aliphatic rings. The van der Waals surface area contributed by atoms with E-state index in [-0.39, 0.29) is 6.10 Å². The van der Waals surface area contributed by atoms with Crippen molar-refractivity contribution in [2.75, 3.05) is 13.2 Å². The van der Waals surface area contributed by atoms with Gasteiger partial charge in [-0.1, -0.05) is 11.2 Å². The fourth-order valence-corrected chi connectivity index (χ4v) is 1.80. The maximum Gasteiger partial charge on any atom is 0.258 e. The molecule has 2 rings (SSSR count). The minimum Gasteiger partial charge on any atom is -0.491 e. The maximum absolute atomic E-state index is 5.93. The summed E-state index contributed by atoms with van der Waals surface area (Å²) in [5.74, 6) is 1.63. The number of ether oxygens (including phenoxy) is 2. The number of hydrogen-bond acceptors (Lipinski definition) is 6. The van der Waals surface area contributed by atoms with E-state index in [0.717, 1.165) is 11.3 Å². The minimum absolute atomic E-state index is 0.109. The van der Waals surface area contributed by atoms with Crippen molar-refractivity contribution in [3.63, 3.8) is 0 Å². The summed E-state index contributed by atoms with van der Waals surface area (Å²) in [4.78, 5) is 4.32. The molecule has 0 radical (unpaired) electrons. The Hall–Kier alpha value is -1.92. The van der Waals surface area contributed by atoms with Crippen LogP contribution in [0.15, 0.2) is 28.8 Å². The van der Waals surface area contributed by atoms with Gasteiger partial charge in [-0.2, -0.15) is 4.98 Å². The van der Waals surface area contributed by atoms with E-state index in [0.29, 0.717) is 24.9 Å². The van der Waals surface area contributed by atoms with Gasteiger partial charge in [0.25, 0.3) is 5.89 Å². The third-order valence-corrected chi connectivity index (χ3v) is 2.73. The average molecular weight is 291 g/mol. The van der Waals surface area contributed by atoms with E-state index in [1.807, 2.05) is 45.0 Å². The zero-order valence-corrected chi connectivity index (χ0v) is 12.6. The van der Waals surface area contributed by atoms with Crippen molar-refractivity contribution in [2.24, 2.45) is 5.73 Å². The first-order valence-electron chi connectivity index (χ1n) is 7.04. The number of aromatic nitrogens is 2. The van der Waals surface area contributed by atoms with Crippen LogP contribution in [0.5, 0.6) is 5.75 Å². The summed E-state index contributed by atoms with van der Waals surface area (Å²) < 4.78 is 16.2. The second-order valence-corrected chi connectivity index (χ2v) is 4.92. The molecule has 21 heavy (non-hydrogen) atoms. The van der Waals surface area contributed by atoms with Gasteiger partial charge in [-0.15, -0.1) is 0 Å². The smallest absolute Gasteiger partial charge is 0.258 e. The van der Waals surface area contributed by atoms with Crippen molar-refractivity contribution >= 4 is 0 Å². The lowest BCUT2D eigenvalue weighted by Crippen LogP contribution is -2.18. The Labute approximate surface area is 124 Å². The van der Waals surface area contributed by atoms with E-state index in [1.54, 1.807) is 0 Å². The van der Waals surface area contributed by atoms with Crippen LogP contribution in [-0.2, 0) is 4.74 Å². The van der Waals surface area contributed by atoms with Gasteiger partial charge >= 0.3 is 0 Å². The third kappa shape index (κ3) is 4.27. The van der Waals surface area contributed by atoms with Crippen LogP contribution >= 0.6 is 0 Å². The highest BCUT2D eigenvalue weighted by atomic mass is 16.5. The largest absolute Gasteiger partial charge is 0.491 e. The van der Waals surface area contributed by atoms with Gasteiger partial charge in [0.2, 0.25) is 0 Å². The molecule has 0 amide bonds. The van der Waals surface area contributed by atoms with E-state index in [9.17, 15) is 0 Å². The number of benzene rings is 1. The Morgan fingerprint density at radius 2 is 2.14 bits per heavy atom. The van der Waals surface area contributed by atoms with E-state index in [4.69, 9.17) is 19.7 Å². The predicted octanol–water partition coefficient (Wildman–Crippen LogP) is 2.56. The van der Waals surface area contributed by atoms with Crippen LogP contribution in [0.2, 0.25) is 0 Å². The Kier molecular flexibility index (Phi) is 5.30. The molecule has 1 aromatic heterocycles. The van der Waals surface area contributed by atoms with E-state index < -0.39 is 6.04 Å². The Morgan fingerprint density at radius 3 is 2.86 bits per heavy atom. The molecule has 1 unspecified atom stereocenters. The molecule has 2 aromatic rings. The summed E-state index contributed by atoms with van der Waals surface area (Å²) in [7, 11) is 0. The van der Waals surface area contributed by atoms with Gasteiger partial charge in [0.15, 0.2) is 5.82 Å². The second-order valence-electron chi connectivity index (χ2n) is 4.92. The summed E-state index contributed by atoms with van der Waals surface area (Å²) in [5.41, 5.74) is 6.73. The van der Waals surface area contributed by atoms with Crippen molar-refractivity contribution in [1.82, 2.24) is 10.1 Å². The molecule has 0 spiro atoms. The number of rotatable bonds is 7. The molecule has 1 heterocycles. The van der Waals surface area contributed by atoms with Crippen molar-refractivity contribution in [2.45, 2.75) is 32.9 Å². The van der Waals surface area contributed by atoms with Crippen LogP contribution in [0.3, 0.4) is 0 Å². The lowest BCUT2D eigenvalue weighted by Gasteiger charge is -2.09. The van der Waals surface area contributed by atoms with Gasteiger partial charge in [0.1, 0.15) is 5.75 Å². The summed E-state index contributed by atoms with van der Waals surface area (Å²) >= 11 is 0. The molecular formula is C15H21N3O3. The van der Waals surface area contributed by atoms with Gasteiger partial charge in [-0.25, -0.2) is 0 Å².